The number of esters is 2. The van der Waals surface area contributed by atoms with Crippen molar-refractivity contribution >= 4 is 32.0 Å². The van der Waals surface area contributed by atoms with Gasteiger partial charge in [0.2, 0.25) is 0 Å². The zero-order chi connectivity index (χ0) is 16.3. The van der Waals surface area contributed by atoms with Crippen LogP contribution in [0.4, 0.5) is 0 Å². The minimum absolute atomic E-state index is 0.0808. The molecule has 1 atom stereocenters. The van der Waals surface area contributed by atoms with Gasteiger partial charge in [-0.05, 0) is 18.1 Å². The van der Waals surface area contributed by atoms with Gasteiger partial charge in [-0.15, -0.1) is 11.8 Å². The van der Waals surface area contributed by atoms with Gasteiger partial charge in [-0.1, -0.05) is 20.8 Å². The number of hydrogen-bond donors (Lipinski definition) is 0. The highest BCUT2D eigenvalue weighted by molar-refractivity contribution is 7.99. The average Bonchev–Trinajstić information content (AvgIpc) is 2.45. The summed E-state index contributed by atoms with van der Waals surface area (Å²) in [6, 6.07) is 3.35. The zero-order valence-corrected chi connectivity index (χ0v) is 15.6. The second-order valence-corrected chi connectivity index (χ2v) is 10.8. The molecule has 0 N–H and O–H groups in total. The number of rotatable bonds is 11. The molecule has 124 valence electrons. The van der Waals surface area contributed by atoms with Gasteiger partial charge in [-0.3, -0.25) is 9.59 Å². The van der Waals surface area contributed by atoms with E-state index in [2.05, 4.69) is 20.8 Å². The lowest BCUT2D eigenvalue weighted by Gasteiger charge is -2.28. The van der Waals surface area contributed by atoms with Crippen molar-refractivity contribution in [1.29, 1.82) is 0 Å². The van der Waals surface area contributed by atoms with Crippen LogP contribution in [-0.2, 0) is 23.5 Å². The van der Waals surface area contributed by atoms with E-state index in [1.807, 2.05) is 0 Å². The van der Waals surface area contributed by atoms with Crippen LogP contribution in [0.25, 0.3) is 0 Å². The number of thioether (sulfide) groups is 1. The Balaban J connectivity index is 4.17. The fourth-order valence-electron chi connectivity index (χ4n) is 1.98. The largest absolute Gasteiger partial charge is 0.461 e. The van der Waals surface area contributed by atoms with E-state index in [1.54, 1.807) is 0 Å². The molecule has 0 aromatic carbocycles. The van der Waals surface area contributed by atoms with Gasteiger partial charge >= 0.3 is 11.9 Å². The second-order valence-electron chi connectivity index (χ2n) is 4.80. The smallest absolute Gasteiger partial charge is 0.303 e. The maximum absolute atomic E-state index is 11.0. The lowest BCUT2D eigenvalue weighted by atomic mass is 10.7. The fourth-order valence-corrected chi connectivity index (χ4v) is 5.59. The molecule has 0 aliphatic carbocycles. The van der Waals surface area contributed by atoms with Gasteiger partial charge in [0.1, 0.15) is 6.61 Å². The Kier molecular flexibility index (Phi) is 10.8. The van der Waals surface area contributed by atoms with Gasteiger partial charge in [0.15, 0.2) is 13.8 Å². The van der Waals surface area contributed by atoms with Crippen LogP contribution >= 0.6 is 11.8 Å². The summed E-state index contributed by atoms with van der Waals surface area (Å²) in [4.78, 5) is 21.9. The molecule has 0 aromatic rings. The topological polar surface area (TPSA) is 61.8 Å². The van der Waals surface area contributed by atoms with Gasteiger partial charge in [0.05, 0.1) is 0 Å². The molecule has 0 saturated heterocycles. The molecule has 0 rings (SSSR count). The van der Waals surface area contributed by atoms with E-state index in [1.165, 1.54) is 25.6 Å². The van der Waals surface area contributed by atoms with Crippen molar-refractivity contribution in [2.75, 3.05) is 19.0 Å². The van der Waals surface area contributed by atoms with Crippen LogP contribution in [0.3, 0.4) is 0 Å². The second kappa shape index (κ2) is 11.1. The van der Waals surface area contributed by atoms with Gasteiger partial charge < -0.3 is 13.9 Å². The molecule has 0 aliphatic heterocycles. The number of carbonyl (C=O) groups excluding carboxylic acids is 2. The van der Waals surface area contributed by atoms with Crippen LogP contribution in [0.2, 0.25) is 18.1 Å². The van der Waals surface area contributed by atoms with Gasteiger partial charge in [0, 0.05) is 26.2 Å². The Bertz CT molecular complexity index is 312. The first-order valence-corrected chi connectivity index (χ1v) is 11.0. The molecule has 0 bridgehead atoms. The Hall–Kier alpha value is -0.533. The van der Waals surface area contributed by atoms with Crippen molar-refractivity contribution in [3.05, 3.63) is 0 Å². The molecule has 0 saturated carbocycles. The monoisotopic (exact) mass is 336 g/mol. The van der Waals surface area contributed by atoms with Crippen LogP contribution in [0.5, 0.6) is 0 Å². The highest BCUT2D eigenvalue weighted by Gasteiger charge is 2.28. The first kappa shape index (κ1) is 20.5. The van der Waals surface area contributed by atoms with Crippen LogP contribution < -0.4 is 0 Å². The molecule has 0 radical (unpaired) electrons. The van der Waals surface area contributed by atoms with Gasteiger partial charge in [-0.25, -0.2) is 0 Å². The lowest BCUT2D eigenvalue weighted by Crippen LogP contribution is -2.36. The highest BCUT2D eigenvalue weighted by atomic mass is 32.2. The van der Waals surface area contributed by atoms with E-state index in [4.69, 9.17) is 13.9 Å². The lowest BCUT2D eigenvalue weighted by molar-refractivity contribution is -0.151. The molecule has 21 heavy (non-hydrogen) atoms. The zero-order valence-electron chi connectivity index (χ0n) is 13.8. The Labute approximate surface area is 133 Å². The SMILES string of the molecule is CC[Si](CC)(CC)OCCS[C@H](COC(C)=O)OC(C)=O. The van der Waals surface area contributed by atoms with Crippen LogP contribution in [0, 0.1) is 0 Å². The van der Waals surface area contributed by atoms with E-state index in [0.717, 1.165) is 18.1 Å². The molecule has 0 fully saturated rings. The van der Waals surface area contributed by atoms with Crippen molar-refractivity contribution in [3.63, 3.8) is 0 Å². The summed E-state index contributed by atoms with van der Waals surface area (Å²) in [7, 11) is -1.56. The summed E-state index contributed by atoms with van der Waals surface area (Å²) in [5.74, 6) is -0.0353. The third kappa shape index (κ3) is 9.16. The summed E-state index contributed by atoms with van der Waals surface area (Å²) >= 11 is 1.44. The first-order chi connectivity index (χ1) is 9.89. The maximum atomic E-state index is 11.0. The summed E-state index contributed by atoms with van der Waals surface area (Å²) in [6.07, 6.45) is 0. The Morgan fingerprint density at radius 1 is 1.05 bits per heavy atom. The van der Waals surface area contributed by atoms with Gasteiger partial charge in [0.25, 0.3) is 0 Å². The number of hydrogen-bond acceptors (Lipinski definition) is 6. The molecule has 7 heteroatoms. The molecular weight excluding hydrogens is 308 g/mol. The predicted molar refractivity (Wildman–Crippen MR) is 87.8 cm³/mol. The van der Waals surface area contributed by atoms with Crippen molar-refractivity contribution in [2.45, 2.75) is 58.2 Å². The number of carbonyl (C=O) groups is 2. The minimum atomic E-state index is -1.56. The molecule has 0 spiro atoms. The summed E-state index contributed by atoms with van der Waals surface area (Å²) in [5, 5.41) is 0. The van der Waals surface area contributed by atoms with Crippen molar-refractivity contribution < 1.29 is 23.5 Å². The molecule has 0 heterocycles. The molecule has 5 nitrogen and oxygen atoms in total. The standard InChI is InChI=1S/C14H28O5SSi/c1-6-21(7-2,8-3)18-9-10-20-14(19-13(5)16)11-17-12(4)15/h14H,6-11H2,1-5H3/t14-/m1/s1. The van der Waals surface area contributed by atoms with E-state index >= 15 is 0 Å². The third-order valence-corrected chi connectivity index (χ3v) is 9.14. The number of ether oxygens (including phenoxy) is 2. The van der Waals surface area contributed by atoms with E-state index < -0.39 is 13.8 Å². The fraction of sp³-hybridized carbons (Fsp3) is 0.857. The van der Waals surface area contributed by atoms with Crippen molar-refractivity contribution in [1.82, 2.24) is 0 Å². The Morgan fingerprint density at radius 2 is 1.62 bits per heavy atom. The average molecular weight is 337 g/mol. The van der Waals surface area contributed by atoms with Crippen molar-refractivity contribution in [2.24, 2.45) is 0 Å². The predicted octanol–water partition coefficient (Wildman–Crippen LogP) is 3.19. The maximum Gasteiger partial charge on any atom is 0.303 e. The third-order valence-electron chi connectivity index (χ3n) is 3.45. The van der Waals surface area contributed by atoms with Crippen molar-refractivity contribution in [3.8, 4) is 0 Å². The molecular formula is C14H28O5SSi. The molecule has 0 aliphatic rings. The quantitative estimate of drug-likeness (QED) is 0.250. The van der Waals surface area contributed by atoms with Crippen LogP contribution in [0.15, 0.2) is 0 Å². The molecule has 0 amide bonds. The summed E-state index contributed by atoms with van der Waals surface area (Å²) in [5.41, 5.74) is -0.462. The highest BCUT2D eigenvalue weighted by Crippen LogP contribution is 2.22. The molecule has 0 aromatic heterocycles. The van der Waals surface area contributed by atoms with E-state index in [9.17, 15) is 9.59 Å². The van der Waals surface area contributed by atoms with Gasteiger partial charge in [-0.2, -0.15) is 0 Å². The van der Waals surface area contributed by atoms with Crippen LogP contribution in [0.1, 0.15) is 34.6 Å². The molecule has 0 unspecified atom stereocenters. The van der Waals surface area contributed by atoms with E-state index in [0.29, 0.717) is 12.4 Å². The Morgan fingerprint density at radius 3 is 2.05 bits per heavy atom. The normalized spacial score (nSPS) is 12.8. The van der Waals surface area contributed by atoms with Crippen LogP contribution in [-0.4, -0.2) is 44.7 Å². The summed E-state index contributed by atoms with van der Waals surface area (Å²) in [6.45, 7) is 9.98. The van der Waals surface area contributed by atoms with E-state index in [-0.39, 0.29) is 18.5 Å². The first-order valence-electron chi connectivity index (χ1n) is 7.45. The minimum Gasteiger partial charge on any atom is -0.461 e. The summed E-state index contributed by atoms with van der Waals surface area (Å²) < 4.78 is 16.1.